The van der Waals surface area contributed by atoms with Gasteiger partial charge in [0.1, 0.15) is 6.73 Å². The van der Waals surface area contributed by atoms with Crippen molar-refractivity contribution in [1.82, 2.24) is 9.91 Å². The first-order valence-electron chi connectivity index (χ1n) is 10.7. The minimum absolute atomic E-state index is 0. The van der Waals surface area contributed by atoms with E-state index in [0.717, 1.165) is 50.4 Å². The van der Waals surface area contributed by atoms with Crippen LogP contribution in [0.15, 0.2) is 36.2 Å². The number of nitrogens with two attached hydrogens (primary N) is 4. The molecule has 1 aliphatic rings. The van der Waals surface area contributed by atoms with Gasteiger partial charge in [-0.25, -0.2) is 5.84 Å². The van der Waals surface area contributed by atoms with Gasteiger partial charge in [-0.15, -0.1) is 0 Å². The molecule has 1 fully saturated rings. The summed E-state index contributed by atoms with van der Waals surface area (Å²) >= 11 is 0. The molecule has 0 aliphatic carbocycles. The van der Waals surface area contributed by atoms with Crippen molar-refractivity contribution in [2.24, 2.45) is 23.0 Å². The van der Waals surface area contributed by atoms with Crippen molar-refractivity contribution >= 4 is 11.6 Å². The van der Waals surface area contributed by atoms with Crippen LogP contribution in [0.1, 0.15) is 30.9 Å². The number of rotatable bonds is 13. The Kier molecular flexibility index (Phi) is 13.5. The summed E-state index contributed by atoms with van der Waals surface area (Å²) in [5.41, 5.74) is 19.2. The van der Waals surface area contributed by atoms with E-state index in [1.165, 1.54) is 5.01 Å². The Morgan fingerprint density at radius 3 is 2.59 bits per heavy atom. The fourth-order valence-electron chi connectivity index (χ4n) is 3.46. The molecule has 0 spiro atoms. The van der Waals surface area contributed by atoms with Crippen molar-refractivity contribution in [2.45, 2.75) is 25.4 Å². The molecule has 11 heteroatoms. The fourth-order valence-corrected chi connectivity index (χ4v) is 3.46. The summed E-state index contributed by atoms with van der Waals surface area (Å²) in [6.07, 6.45) is 2.24. The summed E-state index contributed by atoms with van der Waals surface area (Å²) in [7, 11) is 0. The van der Waals surface area contributed by atoms with Crippen molar-refractivity contribution in [3.8, 4) is 0 Å². The molecule has 180 valence electrons. The van der Waals surface area contributed by atoms with E-state index in [2.05, 4.69) is 9.80 Å². The Labute approximate surface area is 204 Å². The average molecular weight is 619 g/mol. The van der Waals surface area contributed by atoms with E-state index in [9.17, 15) is 9.90 Å². The number of carbonyl (C=O) groups is 1. The van der Waals surface area contributed by atoms with Crippen molar-refractivity contribution in [3.05, 3.63) is 41.7 Å². The standard InChI is InChI=1S/C21H37N7O3.W/c22-7-13-31-16-28(25)15-18(23)6-8-26-9-11-27(12-10-26)19-3-1-2-17(14-19)20(29)4-5-21(24)30;/h1-3,14-15,20,29H,4-13,16,22-23,25H2,(H2,24,30);/b18-15-;. The van der Waals surface area contributed by atoms with Gasteiger partial charge in [-0.1, -0.05) is 12.1 Å². The minimum atomic E-state index is -0.689. The quantitative estimate of drug-likeness (QED) is 0.0842. The van der Waals surface area contributed by atoms with Crippen LogP contribution in [-0.2, 0) is 30.6 Å². The molecule has 1 amide bonds. The molecule has 1 aliphatic heterocycles. The van der Waals surface area contributed by atoms with E-state index in [0.29, 0.717) is 25.3 Å². The van der Waals surface area contributed by atoms with E-state index < -0.39 is 12.0 Å². The van der Waals surface area contributed by atoms with Crippen LogP contribution in [0, 0.1) is 0 Å². The van der Waals surface area contributed by atoms with Crippen LogP contribution in [0.2, 0.25) is 0 Å². The molecule has 0 saturated carbocycles. The maximum Gasteiger partial charge on any atom is 0.217 e. The van der Waals surface area contributed by atoms with E-state index in [1.54, 1.807) is 6.20 Å². The van der Waals surface area contributed by atoms with Crippen LogP contribution in [0.5, 0.6) is 0 Å². The maximum absolute atomic E-state index is 10.9. The van der Waals surface area contributed by atoms with Crippen LogP contribution in [-0.4, -0.2) is 73.5 Å². The summed E-state index contributed by atoms with van der Waals surface area (Å²) < 4.78 is 5.26. The monoisotopic (exact) mass is 619 g/mol. The van der Waals surface area contributed by atoms with Gasteiger partial charge in [0.05, 0.1) is 12.7 Å². The molecule has 1 aromatic carbocycles. The summed E-state index contributed by atoms with van der Waals surface area (Å²) in [6, 6.07) is 7.85. The van der Waals surface area contributed by atoms with Crippen molar-refractivity contribution in [1.29, 1.82) is 0 Å². The van der Waals surface area contributed by atoms with Gasteiger partial charge in [0.2, 0.25) is 5.91 Å². The zero-order valence-corrected chi connectivity index (χ0v) is 21.5. The minimum Gasteiger partial charge on any atom is -0.401 e. The zero-order valence-electron chi connectivity index (χ0n) is 18.6. The number of hydrogen-bond donors (Lipinski definition) is 5. The predicted molar refractivity (Wildman–Crippen MR) is 121 cm³/mol. The number of amides is 1. The van der Waals surface area contributed by atoms with Crippen molar-refractivity contribution in [3.63, 3.8) is 0 Å². The van der Waals surface area contributed by atoms with Gasteiger partial charge in [-0.05, 0) is 24.1 Å². The number of nitrogens with zero attached hydrogens (tertiary/aromatic N) is 3. The number of piperazine rings is 1. The average Bonchev–Trinajstić information content (AvgIpc) is 2.76. The second kappa shape index (κ2) is 15.2. The third kappa shape index (κ3) is 10.3. The molecule has 9 N–H and O–H groups in total. The molecular weight excluding hydrogens is 582 g/mol. The van der Waals surface area contributed by atoms with Gasteiger partial charge < -0.3 is 31.9 Å². The predicted octanol–water partition coefficient (Wildman–Crippen LogP) is -0.596. The van der Waals surface area contributed by atoms with Gasteiger partial charge in [-0.2, -0.15) is 0 Å². The Morgan fingerprint density at radius 1 is 1.22 bits per heavy atom. The number of hydrazine groups is 1. The zero-order chi connectivity index (χ0) is 22.6. The first-order valence-corrected chi connectivity index (χ1v) is 10.7. The Balaban J connectivity index is 0.00000512. The number of hydrogen-bond acceptors (Lipinski definition) is 9. The van der Waals surface area contributed by atoms with E-state index >= 15 is 0 Å². The van der Waals surface area contributed by atoms with Gasteiger partial charge in [-0.3, -0.25) is 14.7 Å². The van der Waals surface area contributed by atoms with Crippen LogP contribution in [0.3, 0.4) is 0 Å². The van der Waals surface area contributed by atoms with Crippen molar-refractivity contribution < 1.29 is 35.7 Å². The number of anilines is 1. The number of aliphatic hydroxyl groups excluding tert-OH is 1. The fraction of sp³-hybridized carbons (Fsp3) is 0.571. The molecule has 2 rings (SSSR count). The van der Waals surface area contributed by atoms with Gasteiger partial charge >= 0.3 is 0 Å². The van der Waals surface area contributed by atoms with E-state index in [4.69, 9.17) is 27.8 Å². The number of ether oxygens (including phenoxy) is 1. The number of carbonyl (C=O) groups excluding carboxylic acids is 1. The summed E-state index contributed by atoms with van der Waals surface area (Å²) in [4.78, 5) is 15.6. The Hall–Kier alpha value is -1.68. The van der Waals surface area contributed by atoms with Gasteiger partial charge in [0, 0.05) is 90.8 Å². The molecule has 0 bridgehead atoms. The number of benzene rings is 1. The van der Waals surface area contributed by atoms with Crippen LogP contribution in [0.25, 0.3) is 0 Å². The van der Waals surface area contributed by atoms with Crippen LogP contribution in [0.4, 0.5) is 5.69 Å². The van der Waals surface area contributed by atoms with Crippen molar-refractivity contribution in [2.75, 3.05) is 57.5 Å². The first kappa shape index (κ1) is 28.4. The van der Waals surface area contributed by atoms with E-state index in [1.807, 2.05) is 24.3 Å². The molecule has 0 aromatic heterocycles. The molecule has 1 aromatic rings. The molecule has 1 unspecified atom stereocenters. The molecule has 1 saturated heterocycles. The maximum atomic E-state index is 10.9. The topological polar surface area (TPSA) is 160 Å². The third-order valence-corrected chi connectivity index (χ3v) is 5.21. The molecule has 1 atom stereocenters. The molecule has 32 heavy (non-hydrogen) atoms. The normalized spacial score (nSPS) is 15.8. The Bertz CT molecular complexity index is 714. The SMILES string of the molecule is NCCOCN(N)/C=C(\N)CCN1CCN(c2cccc(C(O)CCC(N)=O)c2)CC1.[W]. The van der Waals surface area contributed by atoms with E-state index in [-0.39, 0.29) is 34.2 Å². The second-order valence-electron chi connectivity index (χ2n) is 7.74. The largest absolute Gasteiger partial charge is 0.401 e. The van der Waals surface area contributed by atoms with Gasteiger partial charge in [0.25, 0.3) is 0 Å². The van der Waals surface area contributed by atoms with Crippen LogP contribution >= 0.6 is 0 Å². The summed E-state index contributed by atoms with van der Waals surface area (Å²) in [5.74, 6) is 5.42. The first-order chi connectivity index (χ1) is 14.9. The Morgan fingerprint density at radius 2 is 1.94 bits per heavy atom. The molecule has 0 radical (unpaired) electrons. The molecule has 1 heterocycles. The summed E-state index contributed by atoms with van der Waals surface area (Å²) in [6.45, 7) is 5.66. The summed E-state index contributed by atoms with van der Waals surface area (Å²) in [5, 5.41) is 11.7. The second-order valence-corrected chi connectivity index (χ2v) is 7.74. The molecule has 10 nitrogen and oxygen atoms in total. The number of primary amides is 1. The number of aliphatic hydroxyl groups is 1. The molecular formula is C21H37N7O3W. The third-order valence-electron chi connectivity index (χ3n) is 5.21. The van der Waals surface area contributed by atoms with Crippen LogP contribution < -0.4 is 27.9 Å². The smallest absolute Gasteiger partial charge is 0.217 e. The van der Waals surface area contributed by atoms with Gasteiger partial charge in [0.15, 0.2) is 0 Å².